The Morgan fingerprint density at radius 2 is 2.13 bits per heavy atom. The Bertz CT molecular complexity index is 812. The van der Waals surface area contributed by atoms with Gasteiger partial charge in [0.15, 0.2) is 17.5 Å². The van der Waals surface area contributed by atoms with Crippen LogP contribution in [0.4, 0.5) is 0 Å². The molecule has 31 heavy (non-hydrogen) atoms. The van der Waals surface area contributed by atoms with Crippen molar-refractivity contribution >= 4 is 29.9 Å². The summed E-state index contributed by atoms with van der Waals surface area (Å²) in [6.07, 6.45) is 7.93. The molecule has 1 aliphatic rings. The molecule has 2 unspecified atom stereocenters. The van der Waals surface area contributed by atoms with E-state index >= 15 is 0 Å². The number of ether oxygens (including phenoxy) is 2. The Labute approximate surface area is 203 Å². The molecular weight excluding hydrogens is 505 g/mol. The molecule has 2 heterocycles. The molecule has 0 spiro atoms. The summed E-state index contributed by atoms with van der Waals surface area (Å²) in [5.74, 6) is 3.11. The molecule has 0 aliphatic carbocycles. The van der Waals surface area contributed by atoms with Crippen LogP contribution in [0.1, 0.15) is 45.2 Å². The number of likely N-dealkylation sites (tertiary alicyclic amines) is 1. The van der Waals surface area contributed by atoms with Gasteiger partial charge in [0.1, 0.15) is 0 Å². The number of methoxy groups -OCH3 is 1. The van der Waals surface area contributed by atoms with E-state index in [0.29, 0.717) is 25.1 Å². The molecule has 8 heteroatoms. The van der Waals surface area contributed by atoms with Crippen molar-refractivity contribution < 1.29 is 9.47 Å². The van der Waals surface area contributed by atoms with Gasteiger partial charge in [-0.05, 0) is 43.4 Å². The van der Waals surface area contributed by atoms with E-state index in [1.807, 2.05) is 24.7 Å². The van der Waals surface area contributed by atoms with Gasteiger partial charge in [-0.1, -0.05) is 19.9 Å². The molecule has 0 radical (unpaired) electrons. The number of halogens is 1. The topological polar surface area (TPSA) is 63.9 Å². The fourth-order valence-corrected chi connectivity index (χ4v) is 3.83. The summed E-state index contributed by atoms with van der Waals surface area (Å²) in [5.41, 5.74) is 1.10. The highest BCUT2D eigenvalue weighted by atomic mass is 127. The maximum atomic E-state index is 5.76. The summed E-state index contributed by atoms with van der Waals surface area (Å²) in [5, 5.41) is 3.47. The van der Waals surface area contributed by atoms with Gasteiger partial charge in [-0.2, -0.15) is 0 Å². The zero-order valence-electron chi connectivity index (χ0n) is 19.1. The maximum Gasteiger partial charge on any atom is 0.194 e. The van der Waals surface area contributed by atoms with Gasteiger partial charge in [-0.25, -0.2) is 9.98 Å². The van der Waals surface area contributed by atoms with Gasteiger partial charge in [0.05, 0.1) is 32.6 Å². The normalized spacial score (nSPS) is 19.0. The lowest BCUT2D eigenvalue weighted by Crippen LogP contribution is -2.49. The number of guanidine groups is 1. The van der Waals surface area contributed by atoms with Crippen LogP contribution in [-0.4, -0.2) is 53.8 Å². The lowest BCUT2D eigenvalue weighted by molar-refractivity contribution is 0.189. The molecular formula is C23H36IN5O2. The van der Waals surface area contributed by atoms with E-state index in [9.17, 15) is 0 Å². The minimum atomic E-state index is 0. The number of hydrogen-bond donors (Lipinski definition) is 1. The molecule has 1 aromatic carbocycles. The zero-order chi connectivity index (χ0) is 21.3. The van der Waals surface area contributed by atoms with Crippen LogP contribution >= 0.6 is 24.0 Å². The average Bonchev–Trinajstić information content (AvgIpc) is 3.30. The molecule has 0 bridgehead atoms. The Hall–Kier alpha value is -1.97. The number of hydrogen-bond acceptors (Lipinski definition) is 4. The van der Waals surface area contributed by atoms with Crippen molar-refractivity contribution in [2.75, 3.05) is 33.4 Å². The largest absolute Gasteiger partial charge is 0.493 e. The van der Waals surface area contributed by atoms with Crippen molar-refractivity contribution in [3.05, 3.63) is 42.5 Å². The molecule has 0 amide bonds. The molecule has 2 atom stereocenters. The second kappa shape index (κ2) is 12.8. The number of aromatic nitrogens is 2. The van der Waals surface area contributed by atoms with E-state index in [2.05, 4.69) is 52.8 Å². The second-order valence-corrected chi connectivity index (χ2v) is 7.79. The molecule has 1 aliphatic heterocycles. The molecule has 2 aromatic rings. The van der Waals surface area contributed by atoms with Crippen molar-refractivity contribution in [1.82, 2.24) is 19.8 Å². The van der Waals surface area contributed by atoms with Crippen molar-refractivity contribution in [1.29, 1.82) is 0 Å². The van der Waals surface area contributed by atoms with E-state index < -0.39 is 0 Å². The Morgan fingerprint density at radius 3 is 2.81 bits per heavy atom. The highest BCUT2D eigenvalue weighted by molar-refractivity contribution is 14.0. The summed E-state index contributed by atoms with van der Waals surface area (Å²) in [7, 11) is 1.68. The molecule has 1 fully saturated rings. The average molecular weight is 541 g/mol. The van der Waals surface area contributed by atoms with E-state index in [-0.39, 0.29) is 24.0 Å². The lowest BCUT2D eigenvalue weighted by Gasteiger charge is -2.39. The van der Waals surface area contributed by atoms with Crippen molar-refractivity contribution in [2.24, 2.45) is 10.9 Å². The smallest absolute Gasteiger partial charge is 0.194 e. The summed E-state index contributed by atoms with van der Waals surface area (Å²) < 4.78 is 13.5. The van der Waals surface area contributed by atoms with Gasteiger partial charge in [0.2, 0.25) is 0 Å². The Balaban J connectivity index is 0.00000341. The second-order valence-electron chi connectivity index (χ2n) is 7.79. The predicted octanol–water partition coefficient (Wildman–Crippen LogP) is 4.35. The monoisotopic (exact) mass is 541 g/mol. The lowest BCUT2D eigenvalue weighted by atomic mass is 9.93. The van der Waals surface area contributed by atoms with Crippen LogP contribution in [-0.2, 0) is 6.54 Å². The summed E-state index contributed by atoms with van der Waals surface area (Å²) in [4.78, 5) is 11.5. The van der Waals surface area contributed by atoms with Gasteiger partial charge in [0.25, 0.3) is 0 Å². The number of nitrogens with one attached hydrogen (secondary N) is 1. The summed E-state index contributed by atoms with van der Waals surface area (Å²) >= 11 is 0. The molecule has 172 valence electrons. The fourth-order valence-electron chi connectivity index (χ4n) is 3.83. The third-order valence-corrected chi connectivity index (χ3v) is 5.56. The van der Waals surface area contributed by atoms with Crippen LogP contribution in [0.3, 0.4) is 0 Å². The minimum Gasteiger partial charge on any atom is -0.493 e. The fraction of sp³-hybridized carbons (Fsp3) is 0.565. The third kappa shape index (κ3) is 6.75. The van der Waals surface area contributed by atoms with Gasteiger partial charge < -0.3 is 24.3 Å². The first-order valence-corrected chi connectivity index (χ1v) is 11.0. The number of benzene rings is 1. The molecule has 7 nitrogen and oxygen atoms in total. The SMILES string of the molecule is CCCOc1ccc(CN=C(NCC)N2CCC(C)C(n3ccnc3)C2)cc1OC.I. The number of imidazole rings is 1. The van der Waals surface area contributed by atoms with Gasteiger partial charge in [-0.15, -0.1) is 24.0 Å². The van der Waals surface area contributed by atoms with Gasteiger partial charge >= 0.3 is 0 Å². The van der Waals surface area contributed by atoms with Gasteiger partial charge in [-0.3, -0.25) is 0 Å². The van der Waals surface area contributed by atoms with Crippen LogP contribution < -0.4 is 14.8 Å². The van der Waals surface area contributed by atoms with Gasteiger partial charge in [0, 0.05) is 32.0 Å². The molecule has 1 N–H and O–H groups in total. The first kappa shape index (κ1) is 25.3. The maximum absolute atomic E-state index is 5.76. The third-order valence-electron chi connectivity index (χ3n) is 5.56. The number of rotatable bonds is 8. The minimum absolute atomic E-state index is 0. The molecule has 3 rings (SSSR count). The molecule has 1 saturated heterocycles. The van der Waals surface area contributed by atoms with E-state index in [1.54, 1.807) is 7.11 Å². The number of piperidine rings is 1. The van der Waals surface area contributed by atoms with Crippen LogP contribution in [0, 0.1) is 5.92 Å². The Morgan fingerprint density at radius 1 is 1.29 bits per heavy atom. The number of nitrogens with zero attached hydrogens (tertiary/aromatic N) is 4. The number of aliphatic imine (C=N–C) groups is 1. The molecule has 1 aromatic heterocycles. The van der Waals surface area contributed by atoms with E-state index in [4.69, 9.17) is 14.5 Å². The van der Waals surface area contributed by atoms with Crippen molar-refractivity contribution in [3.63, 3.8) is 0 Å². The van der Waals surface area contributed by atoms with E-state index in [0.717, 1.165) is 55.5 Å². The standard InChI is InChI=1S/C23H35N5O2.HI/c1-5-13-30-21-8-7-19(14-22(21)29-4)15-26-23(25-6-2)27-11-9-18(3)20(16-27)28-12-10-24-17-28;/h7-8,10,12,14,17-18,20H,5-6,9,11,13,15-16H2,1-4H3,(H,25,26);1H. The van der Waals surface area contributed by atoms with E-state index in [1.165, 1.54) is 0 Å². The highest BCUT2D eigenvalue weighted by Crippen LogP contribution is 2.29. The van der Waals surface area contributed by atoms with Crippen LogP contribution in [0.5, 0.6) is 11.5 Å². The highest BCUT2D eigenvalue weighted by Gasteiger charge is 2.28. The summed E-state index contributed by atoms with van der Waals surface area (Å²) in [6.45, 7) is 10.6. The van der Waals surface area contributed by atoms with Crippen molar-refractivity contribution in [3.8, 4) is 11.5 Å². The van der Waals surface area contributed by atoms with Crippen LogP contribution in [0.25, 0.3) is 0 Å². The Kier molecular flexibility index (Phi) is 10.4. The summed E-state index contributed by atoms with van der Waals surface area (Å²) in [6, 6.07) is 6.46. The first-order chi connectivity index (χ1) is 14.7. The predicted molar refractivity (Wildman–Crippen MR) is 136 cm³/mol. The zero-order valence-corrected chi connectivity index (χ0v) is 21.4. The first-order valence-electron chi connectivity index (χ1n) is 11.0. The quantitative estimate of drug-likeness (QED) is 0.306. The molecule has 0 saturated carbocycles. The van der Waals surface area contributed by atoms with Crippen LogP contribution in [0.2, 0.25) is 0 Å². The van der Waals surface area contributed by atoms with Crippen LogP contribution in [0.15, 0.2) is 41.9 Å². The van der Waals surface area contributed by atoms with Crippen molar-refractivity contribution in [2.45, 2.75) is 46.2 Å².